The molecule has 1 fully saturated rings. The number of benzene rings is 2. The van der Waals surface area contributed by atoms with Crippen molar-refractivity contribution in [3.05, 3.63) is 70.2 Å². The second-order valence-corrected chi connectivity index (χ2v) is 7.03. The summed E-state index contributed by atoms with van der Waals surface area (Å²) in [4.78, 5) is 25.9. The number of hydrogen-bond acceptors (Lipinski definition) is 2. The highest BCUT2D eigenvalue weighted by molar-refractivity contribution is 6.30. The molecule has 0 atom stereocenters. The van der Waals surface area contributed by atoms with E-state index in [0.29, 0.717) is 37.4 Å². The summed E-state index contributed by atoms with van der Waals surface area (Å²) >= 11 is 5.87. The Morgan fingerprint density at radius 2 is 1.81 bits per heavy atom. The van der Waals surface area contributed by atoms with Gasteiger partial charge in [-0.25, -0.2) is 0 Å². The minimum Gasteiger partial charge on any atom is -0.352 e. The molecule has 2 aromatic carbocycles. The fourth-order valence-corrected chi connectivity index (χ4v) is 3.28. The largest absolute Gasteiger partial charge is 0.352 e. The molecule has 136 valence electrons. The molecule has 0 aromatic heterocycles. The summed E-state index contributed by atoms with van der Waals surface area (Å²) in [6, 6.07) is 15.5. The van der Waals surface area contributed by atoms with Crippen LogP contribution in [0.4, 0.5) is 0 Å². The Morgan fingerprint density at radius 1 is 1.08 bits per heavy atom. The molecule has 4 nitrogen and oxygen atoms in total. The highest BCUT2D eigenvalue weighted by Gasteiger charge is 2.20. The molecular formula is C21H23ClN2O2. The Morgan fingerprint density at radius 3 is 2.50 bits per heavy atom. The first-order valence-electron chi connectivity index (χ1n) is 8.97. The lowest BCUT2D eigenvalue weighted by Gasteiger charge is -2.18. The highest BCUT2D eigenvalue weighted by Crippen LogP contribution is 2.17. The van der Waals surface area contributed by atoms with Gasteiger partial charge in [-0.05, 0) is 41.7 Å². The van der Waals surface area contributed by atoms with E-state index >= 15 is 0 Å². The molecule has 1 aliphatic heterocycles. The van der Waals surface area contributed by atoms with Crippen LogP contribution in [0.25, 0.3) is 0 Å². The lowest BCUT2D eigenvalue weighted by atomic mass is 10.1. The molecule has 2 amide bonds. The molecule has 0 spiro atoms. The maximum Gasteiger partial charge on any atom is 0.222 e. The van der Waals surface area contributed by atoms with Crippen LogP contribution in [0.2, 0.25) is 5.02 Å². The molecule has 1 heterocycles. The fraction of sp³-hybridized carbons (Fsp3) is 0.333. The highest BCUT2D eigenvalue weighted by atomic mass is 35.5. The maximum atomic E-state index is 12.2. The first kappa shape index (κ1) is 18.5. The monoisotopic (exact) mass is 370 g/mol. The average molecular weight is 371 g/mol. The minimum atomic E-state index is 0.0204. The molecule has 2 aromatic rings. The SMILES string of the molecule is O=C(CCc1ccc(Cl)cc1)NCc1ccccc1CN1CCCC1=O. The molecule has 0 saturated carbocycles. The Bertz CT molecular complexity index is 774. The van der Waals surface area contributed by atoms with Crippen LogP contribution in [0, 0.1) is 0 Å². The molecule has 0 aliphatic carbocycles. The van der Waals surface area contributed by atoms with E-state index < -0.39 is 0 Å². The van der Waals surface area contributed by atoms with Gasteiger partial charge in [0.1, 0.15) is 0 Å². The fourth-order valence-electron chi connectivity index (χ4n) is 3.15. The van der Waals surface area contributed by atoms with Gasteiger partial charge >= 0.3 is 0 Å². The van der Waals surface area contributed by atoms with E-state index in [1.54, 1.807) is 0 Å². The topological polar surface area (TPSA) is 49.4 Å². The molecule has 1 saturated heterocycles. The first-order chi connectivity index (χ1) is 12.6. The minimum absolute atomic E-state index is 0.0204. The predicted molar refractivity (Wildman–Crippen MR) is 103 cm³/mol. The second kappa shape index (κ2) is 8.86. The van der Waals surface area contributed by atoms with Gasteiger partial charge in [-0.15, -0.1) is 0 Å². The maximum absolute atomic E-state index is 12.2. The number of rotatable bonds is 7. The molecule has 0 unspecified atom stereocenters. The van der Waals surface area contributed by atoms with Crippen molar-refractivity contribution in [3.8, 4) is 0 Å². The van der Waals surface area contributed by atoms with Gasteiger partial charge in [-0.1, -0.05) is 48.0 Å². The van der Waals surface area contributed by atoms with E-state index in [-0.39, 0.29) is 11.8 Å². The zero-order valence-corrected chi connectivity index (χ0v) is 15.5. The van der Waals surface area contributed by atoms with Crippen LogP contribution in [0.5, 0.6) is 0 Å². The summed E-state index contributed by atoms with van der Waals surface area (Å²) in [6.07, 6.45) is 2.70. The van der Waals surface area contributed by atoms with Gasteiger partial charge in [0.25, 0.3) is 0 Å². The van der Waals surface area contributed by atoms with Crippen molar-refractivity contribution < 1.29 is 9.59 Å². The summed E-state index contributed by atoms with van der Waals surface area (Å²) in [5, 5.41) is 3.69. The quantitative estimate of drug-likeness (QED) is 0.807. The Hall–Kier alpha value is -2.33. The summed E-state index contributed by atoms with van der Waals surface area (Å²) < 4.78 is 0. The van der Waals surface area contributed by atoms with Gasteiger partial charge < -0.3 is 10.2 Å². The standard InChI is InChI=1S/C21H23ClN2O2/c22-19-10-7-16(8-11-19)9-12-20(25)23-14-17-4-1-2-5-18(17)15-24-13-3-6-21(24)26/h1-2,4-5,7-8,10-11H,3,6,9,12-15H2,(H,23,25). The number of nitrogens with zero attached hydrogens (tertiary/aromatic N) is 1. The zero-order chi connectivity index (χ0) is 18.4. The number of hydrogen-bond donors (Lipinski definition) is 1. The van der Waals surface area contributed by atoms with Crippen LogP contribution in [0.15, 0.2) is 48.5 Å². The molecule has 1 aliphatic rings. The van der Waals surface area contributed by atoms with Crippen molar-refractivity contribution in [2.24, 2.45) is 0 Å². The van der Waals surface area contributed by atoms with Gasteiger partial charge in [-0.3, -0.25) is 9.59 Å². The van der Waals surface area contributed by atoms with Crippen LogP contribution < -0.4 is 5.32 Å². The molecule has 3 rings (SSSR count). The van der Waals surface area contributed by atoms with Crippen molar-refractivity contribution in [2.45, 2.75) is 38.8 Å². The summed E-state index contributed by atoms with van der Waals surface area (Å²) in [5.41, 5.74) is 3.25. The Labute approximate surface area is 159 Å². The third-order valence-electron chi connectivity index (χ3n) is 4.68. The Kier molecular flexibility index (Phi) is 6.29. The number of halogens is 1. The van der Waals surface area contributed by atoms with E-state index in [1.165, 1.54) is 0 Å². The molecule has 0 bridgehead atoms. The van der Waals surface area contributed by atoms with Crippen molar-refractivity contribution in [2.75, 3.05) is 6.54 Å². The number of carbonyl (C=O) groups excluding carboxylic acids is 2. The van der Waals surface area contributed by atoms with Crippen LogP contribution in [0.1, 0.15) is 36.0 Å². The van der Waals surface area contributed by atoms with E-state index in [2.05, 4.69) is 5.32 Å². The van der Waals surface area contributed by atoms with Crippen molar-refractivity contribution in [1.29, 1.82) is 0 Å². The van der Waals surface area contributed by atoms with Crippen molar-refractivity contribution in [1.82, 2.24) is 10.2 Å². The van der Waals surface area contributed by atoms with Gasteiger partial charge in [-0.2, -0.15) is 0 Å². The number of nitrogens with one attached hydrogen (secondary N) is 1. The molecule has 26 heavy (non-hydrogen) atoms. The normalized spacial score (nSPS) is 13.9. The molecule has 1 N–H and O–H groups in total. The number of aryl methyl sites for hydroxylation is 1. The van der Waals surface area contributed by atoms with E-state index in [1.807, 2.05) is 53.4 Å². The predicted octanol–water partition coefficient (Wildman–Crippen LogP) is 3.71. The third-order valence-corrected chi connectivity index (χ3v) is 4.93. The van der Waals surface area contributed by atoms with Crippen molar-refractivity contribution >= 4 is 23.4 Å². The van der Waals surface area contributed by atoms with Crippen LogP contribution in [-0.4, -0.2) is 23.3 Å². The summed E-state index contributed by atoms with van der Waals surface area (Å²) in [7, 11) is 0. The van der Waals surface area contributed by atoms with Crippen LogP contribution in [0.3, 0.4) is 0 Å². The lowest BCUT2D eigenvalue weighted by molar-refractivity contribution is -0.128. The third kappa shape index (κ3) is 5.09. The molecule has 0 radical (unpaired) electrons. The van der Waals surface area contributed by atoms with Gasteiger partial charge in [0.2, 0.25) is 11.8 Å². The van der Waals surface area contributed by atoms with E-state index in [9.17, 15) is 9.59 Å². The summed E-state index contributed by atoms with van der Waals surface area (Å²) in [6.45, 7) is 1.92. The van der Waals surface area contributed by atoms with E-state index in [0.717, 1.165) is 29.7 Å². The van der Waals surface area contributed by atoms with E-state index in [4.69, 9.17) is 11.6 Å². The lowest BCUT2D eigenvalue weighted by Crippen LogP contribution is -2.27. The van der Waals surface area contributed by atoms with Crippen LogP contribution in [-0.2, 0) is 29.1 Å². The number of amides is 2. The molecular weight excluding hydrogens is 348 g/mol. The zero-order valence-electron chi connectivity index (χ0n) is 14.7. The van der Waals surface area contributed by atoms with Gasteiger partial charge in [0.15, 0.2) is 0 Å². The van der Waals surface area contributed by atoms with Gasteiger partial charge in [0, 0.05) is 37.5 Å². The smallest absolute Gasteiger partial charge is 0.222 e. The number of carbonyl (C=O) groups is 2. The molecule has 5 heteroatoms. The first-order valence-corrected chi connectivity index (χ1v) is 9.35. The van der Waals surface area contributed by atoms with Gasteiger partial charge in [0.05, 0.1) is 0 Å². The summed E-state index contributed by atoms with van der Waals surface area (Å²) in [5.74, 6) is 0.235. The Balaban J connectivity index is 1.51. The van der Waals surface area contributed by atoms with Crippen molar-refractivity contribution in [3.63, 3.8) is 0 Å². The average Bonchev–Trinajstić information content (AvgIpc) is 3.05. The second-order valence-electron chi connectivity index (χ2n) is 6.59. The van der Waals surface area contributed by atoms with Crippen LogP contribution >= 0.6 is 11.6 Å². The number of likely N-dealkylation sites (tertiary alicyclic amines) is 1.